The predicted octanol–water partition coefficient (Wildman–Crippen LogP) is -0.162. The molecule has 3 heterocycles. The van der Waals surface area contributed by atoms with Crippen molar-refractivity contribution in [3.8, 4) is 0 Å². The number of hydrogen-bond donors (Lipinski definition) is 1. The van der Waals surface area contributed by atoms with E-state index in [2.05, 4.69) is 20.4 Å². The van der Waals surface area contributed by atoms with Gasteiger partial charge >= 0.3 is 12.0 Å². The molecule has 0 bridgehead atoms. The molecule has 1 aliphatic rings. The Labute approximate surface area is 136 Å². The zero-order chi connectivity index (χ0) is 17.4. The molecule has 3 amide bonds. The Morgan fingerprint density at radius 1 is 1.33 bits per heavy atom. The number of amides is 3. The minimum Gasteiger partial charge on any atom is -0.447 e. The number of nitrogens with one attached hydrogen (secondary N) is 1. The number of carbonyl (C=O) groups excluding carboxylic acids is 3. The molecule has 1 unspecified atom stereocenters. The summed E-state index contributed by atoms with van der Waals surface area (Å²) in [6.07, 6.45) is -1.12. The minimum atomic E-state index is -1.12. The SMILES string of the molecule is Cc1cc(C)n2nc(C(=O)OC(C)C(=O)N3CCNC3=O)nc2n1. The first-order chi connectivity index (χ1) is 11.4. The summed E-state index contributed by atoms with van der Waals surface area (Å²) in [6, 6.07) is 1.30. The molecule has 1 aliphatic heterocycles. The number of urea groups is 1. The number of nitrogens with zero attached hydrogens (tertiary/aromatic N) is 5. The fourth-order valence-electron chi connectivity index (χ4n) is 2.42. The van der Waals surface area contributed by atoms with Crippen molar-refractivity contribution in [3.63, 3.8) is 0 Å². The van der Waals surface area contributed by atoms with Crippen LogP contribution in [0.3, 0.4) is 0 Å². The number of imide groups is 1. The number of ether oxygens (including phenoxy) is 1. The Morgan fingerprint density at radius 2 is 2.08 bits per heavy atom. The zero-order valence-electron chi connectivity index (χ0n) is 13.4. The van der Waals surface area contributed by atoms with Crippen molar-refractivity contribution in [1.82, 2.24) is 29.8 Å². The highest BCUT2D eigenvalue weighted by atomic mass is 16.5. The highest BCUT2D eigenvalue weighted by Crippen LogP contribution is 2.09. The molecule has 1 N–H and O–H groups in total. The van der Waals surface area contributed by atoms with Gasteiger partial charge in [0.2, 0.25) is 0 Å². The normalized spacial score (nSPS) is 15.5. The molecule has 1 fully saturated rings. The second kappa shape index (κ2) is 5.87. The molecule has 0 spiro atoms. The molecule has 10 nitrogen and oxygen atoms in total. The van der Waals surface area contributed by atoms with Gasteiger partial charge in [0.15, 0.2) is 6.10 Å². The lowest BCUT2D eigenvalue weighted by atomic mass is 10.3. The molecule has 126 valence electrons. The van der Waals surface area contributed by atoms with Crippen molar-refractivity contribution >= 4 is 23.7 Å². The summed E-state index contributed by atoms with van der Waals surface area (Å²) in [4.78, 5) is 45.0. The lowest BCUT2D eigenvalue weighted by Gasteiger charge is -2.17. The molecule has 2 aromatic heterocycles. The number of hydrogen-bond acceptors (Lipinski definition) is 7. The number of fused-ring (bicyclic) bond motifs is 1. The van der Waals surface area contributed by atoms with E-state index >= 15 is 0 Å². The van der Waals surface area contributed by atoms with Gasteiger partial charge < -0.3 is 10.1 Å². The largest absolute Gasteiger partial charge is 0.447 e. The van der Waals surface area contributed by atoms with Crippen LogP contribution in [0.25, 0.3) is 5.78 Å². The van der Waals surface area contributed by atoms with Crippen LogP contribution in [-0.2, 0) is 9.53 Å². The molecule has 2 aromatic rings. The number of aryl methyl sites for hydroxylation is 2. The predicted molar refractivity (Wildman–Crippen MR) is 80.2 cm³/mol. The van der Waals surface area contributed by atoms with Gasteiger partial charge in [-0.3, -0.25) is 9.69 Å². The van der Waals surface area contributed by atoms with E-state index in [1.54, 1.807) is 6.07 Å². The Bertz CT molecular complexity index is 845. The van der Waals surface area contributed by atoms with Crippen LogP contribution in [0.4, 0.5) is 4.79 Å². The van der Waals surface area contributed by atoms with Crippen molar-refractivity contribution in [2.45, 2.75) is 26.9 Å². The number of aromatic nitrogens is 4. The first-order valence-corrected chi connectivity index (χ1v) is 7.38. The van der Waals surface area contributed by atoms with Gasteiger partial charge in [0, 0.05) is 24.5 Å². The second-order valence-electron chi connectivity index (χ2n) is 5.46. The summed E-state index contributed by atoms with van der Waals surface area (Å²) in [7, 11) is 0. The van der Waals surface area contributed by atoms with Crippen LogP contribution in [0.2, 0.25) is 0 Å². The van der Waals surface area contributed by atoms with Crippen LogP contribution in [0, 0.1) is 13.8 Å². The van der Waals surface area contributed by atoms with E-state index in [-0.39, 0.29) is 18.1 Å². The Kier molecular flexibility index (Phi) is 3.87. The van der Waals surface area contributed by atoms with Gasteiger partial charge in [-0.2, -0.15) is 4.98 Å². The van der Waals surface area contributed by atoms with Crippen molar-refractivity contribution in [2.75, 3.05) is 13.1 Å². The average molecular weight is 332 g/mol. The molecule has 24 heavy (non-hydrogen) atoms. The first kappa shape index (κ1) is 15.8. The van der Waals surface area contributed by atoms with Gasteiger partial charge in [0.25, 0.3) is 17.5 Å². The summed E-state index contributed by atoms with van der Waals surface area (Å²) in [5.74, 6) is -1.36. The maximum absolute atomic E-state index is 12.2. The molecule has 0 aliphatic carbocycles. The van der Waals surface area contributed by atoms with E-state index in [1.807, 2.05) is 13.8 Å². The molecule has 10 heteroatoms. The highest BCUT2D eigenvalue weighted by molar-refractivity contribution is 5.99. The molecule has 1 saturated heterocycles. The summed E-state index contributed by atoms with van der Waals surface area (Å²) in [5, 5.41) is 6.55. The lowest BCUT2D eigenvalue weighted by Crippen LogP contribution is -2.41. The van der Waals surface area contributed by atoms with E-state index < -0.39 is 24.0 Å². The lowest BCUT2D eigenvalue weighted by molar-refractivity contribution is -0.136. The fourth-order valence-corrected chi connectivity index (χ4v) is 2.42. The summed E-state index contributed by atoms with van der Waals surface area (Å²) >= 11 is 0. The summed E-state index contributed by atoms with van der Waals surface area (Å²) < 4.78 is 6.50. The smallest absolute Gasteiger partial charge is 0.379 e. The van der Waals surface area contributed by atoms with Crippen LogP contribution in [0.15, 0.2) is 6.07 Å². The van der Waals surface area contributed by atoms with E-state index in [1.165, 1.54) is 11.4 Å². The third-order valence-electron chi connectivity index (χ3n) is 3.56. The van der Waals surface area contributed by atoms with Crippen molar-refractivity contribution < 1.29 is 19.1 Å². The topological polar surface area (TPSA) is 119 Å². The summed E-state index contributed by atoms with van der Waals surface area (Å²) in [6.45, 7) is 5.64. The maximum atomic E-state index is 12.2. The van der Waals surface area contributed by atoms with Crippen LogP contribution in [0.1, 0.15) is 28.9 Å². The van der Waals surface area contributed by atoms with E-state index in [9.17, 15) is 14.4 Å². The van der Waals surface area contributed by atoms with E-state index in [0.29, 0.717) is 6.54 Å². The monoisotopic (exact) mass is 332 g/mol. The van der Waals surface area contributed by atoms with Gasteiger partial charge in [-0.25, -0.2) is 19.1 Å². The van der Waals surface area contributed by atoms with Gasteiger partial charge in [0.05, 0.1) is 0 Å². The van der Waals surface area contributed by atoms with E-state index in [4.69, 9.17) is 4.74 Å². The number of rotatable bonds is 3. The third-order valence-corrected chi connectivity index (χ3v) is 3.56. The van der Waals surface area contributed by atoms with Gasteiger partial charge in [-0.1, -0.05) is 0 Å². The van der Waals surface area contributed by atoms with Crippen LogP contribution < -0.4 is 5.32 Å². The van der Waals surface area contributed by atoms with Crippen LogP contribution in [0.5, 0.6) is 0 Å². The number of esters is 1. The highest BCUT2D eigenvalue weighted by Gasteiger charge is 2.32. The Hall–Kier alpha value is -3.04. The number of carbonyl (C=O) groups is 3. The molecule has 1 atom stereocenters. The quantitative estimate of drug-likeness (QED) is 0.776. The molecular weight excluding hydrogens is 316 g/mol. The first-order valence-electron chi connectivity index (χ1n) is 7.38. The fraction of sp³-hybridized carbons (Fsp3) is 0.429. The van der Waals surface area contributed by atoms with Crippen molar-refractivity contribution in [2.24, 2.45) is 0 Å². The molecular formula is C14H16N6O4. The molecule has 0 radical (unpaired) electrons. The second-order valence-corrected chi connectivity index (χ2v) is 5.46. The molecule has 3 rings (SSSR count). The Morgan fingerprint density at radius 3 is 2.75 bits per heavy atom. The van der Waals surface area contributed by atoms with Crippen molar-refractivity contribution in [3.05, 3.63) is 23.3 Å². The van der Waals surface area contributed by atoms with Crippen LogP contribution in [-0.4, -0.2) is 61.6 Å². The third kappa shape index (κ3) is 2.77. The molecule has 0 aromatic carbocycles. The van der Waals surface area contributed by atoms with Gasteiger partial charge in [0.1, 0.15) is 0 Å². The minimum absolute atomic E-state index is 0.193. The van der Waals surface area contributed by atoms with Crippen molar-refractivity contribution in [1.29, 1.82) is 0 Å². The maximum Gasteiger partial charge on any atom is 0.379 e. The van der Waals surface area contributed by atoms with Crippen LogP contribution >= 0.6 is 0 Å². The van der Waals surface area contributed by atoms with E-state index in [0.717, 1.165) is 16.3 Å². The average Bonchev–Trinajstić information content (AvgIpc) is 3.12. The Balaban J connectivity index is 1.76. The van der Waals surface area contributed by atoms with Gasteiger partial charge in [-0.05, 0) is 26.8 Å². The standard InChI is InChI=1S/C14H16N6O4/c1-7-6-8(2)20-13(16-7)17-10(18-20)12(22)24-9(3)11(21)19-5-4-15-14(19)23/h6,9H,4-5H2,1-3H3,(H,15,23). The summed E-state index contributed by atoms with van der Waals surface area (Å²) in [5.41, 5.74) is 1.51. The molecule has 0 saturated carbocycles. The van der Waals surface area contributed by atoms with Gasteiger partial charge in [-0.15, -0.1) is 5.10 Å². The zero-order valence-corrected chi connectivity index (χ0v) is 13.4.